The molecule has 0 aliphatic heterocycles. The van der Waals surface area contributed by atoms with Crippen LogP contribution in [0.1, 0.15) is 51.9 Å². The Balaban J connectivity index is 1.95. The summed E-state index contributed by atoms with van der Waals surface area (Å²) in [7, 11) is 0. The fraction of sp³-hybridized carbons (Fsp3) is 0.929. The van der Waals surface area contributed by atoms with Gasteiger partial charge in [-0.05, 0) is 49.9 Å². The number of alkyl halides is 2. The van der Waals surface area contributed by atoms with E-state index in [4.69, 9.17) is 0 Å². The lowest BCUT2D eigenvalue weighted by atomic mass is 9.71. The van der Waals surface area contributed by atoms with Crippen LogP contribution >= 0.6 is 0 Å². The zero-order chi connectivity index (χ0) is 13.3. The molecule has 0 bridgehead atoms. The zero-order valence-electron chi connectivity index (χ0n) is 10.9. The molecule has 0 amide bonds. The fourth-order valence-corrected chi connectivity index (χ4v) is 3.76. The molecule has 4 unspecified atom stereocenters. The number of aliphatic carboxylic acids is 1. The van der Waals surface area contributed by atoms with Crippen LogP contribution in [0.2, 0.25) is 0 Å². The van der Waals surface area contributed by atoms with Gasteiger partial charge in [0.1, 0.15) is 0 Å². The molecule has 0 aromatic heterocycles. The number of carbonyl (C=O) groups is 1. The molecule has 0 saturated heterocycles. The van der Waals surface area contributed by atoms with Gasteiger partial charge in [0.05, 0.1) is 5.92 Å². The van der Waals surface area contributed by atoms with E-state index in [1.165, 1.54) is 0 Å². The summed E-state index contributed by atoms with van der Waals surface area (Å²) in [5.74, 6) is -2.90. The van der Waals surface area contributed by atoms with Crippen molar-refractivity contribution in [1.29, 1.82) is 0 Å². The van der Waals surface area contributed by atoms with Gasteiger partial charge in [-0.3, -0.25) is 4.79 Å². The van der Waals surface area contributed by atoms with Crippen LogP contribution in [0, 0.1) is 23.7 Å². The number of rotatable bonds is 3. The third-order valence-electron chi connectivity index (χ3n) is 4.70. The molecule has 1 N–H and O–H groups in total. The highest BCUT2D eigenvalue weighted by atomic mass is 19.3. The standard InChI is InChI=1S/C14H22F2O2/c1-9-2-3-12(13(17)18)11(6-9)7-10-4-5-14(15,16)8-10/h9-12H,2-8H2,1H3,(H,17,18). The number of hydrogen-bond acceptors (Lipinski definition) is 1. The highest BCUT2D eigenvalue weighted by Crippen LogP contribution is 2.45. The smallest absolute Gasteiger partial charge is 0.306 e. The largest absolute Gasteiger partial charge is 0.481 e. The van der Waals surface area contributed by atoms with E-state index in [1.54, 1.807) is 0 Å². The summed E-state index contributed by atoms with van der Waals surface area (Å²) in [6, 6.07) is 0. The normalized spacial score (nSPS) is 39.7. The quantitative estimate of drug-likeness (QED) is 0.834. The van der Waals surface area contributed by atoms with Crippen LogP contribution in [0.15, 0.2) is 0 Å². The van der Waals surface area contributed by atoms with Crippen LogP contribution in [-0.2, 0) is 4.79 Å². The molecule has 0 radical (unpaired) electrons. The zero-order valence-corrected chi connectivity index (χ0v) is 10.9. The average Bonchev–Trinajstić information content (AvgIpc) is 2.57. The maximum atomic E-state index is 13.2. The predicted octanol–water partition coefficient (Wildman–Crippen LogP) is 3.95. The molecule has 2 aliphatic rings. The van der Waals surface area contributed by atoms with E-state index < -0.39 is 11.9 Å². The highest BCUT2D eigenvalue weighted by Gasteiger charge is 2.42. The molecule has 2 rings (SSSR count). The molecule has 4 heteroatoms. The summed E-state index contributed by atoms with van der Waals surface area (Å²) >= 11 is 0. The molecule has 0 heterocycles. The monoisotopic (exact) mass is 260 g/mol. The summed E-state index contributed by atoms with van der Waals surface area (Å²) in [6.45, 7) is 2.13. The molecule has 18 heavy (non-hydrogen) atoms. The van der Waals surface area contributed by atoms with Crippen LogP contribution in [0.3, 0.4) is 0 Å². The van der Waals surface area contributed by atoms with Gasteiger partial charge >= 0.3 is 5.97 Å². The molecule has 0 aromatic rings. The van der Waals surface area contributed by atoms with Gasteiger partial charge in [-0.25, -0.2) is 8.78 Å². The molecule has 2 fully saturated rings. The summed E-state index contributed by atoms with van der Waals surface area (Å²) in [4.78, 5) is 11.2. The summed E-state index contributed by atoms with van der Waals surface area (Å²) in [5, 5.41) is 9.22. The number of halogens is 2. The van der Waals surface area contributed by atoms with Crippen LogP contribution < -0.4 is 0 Å². The van der Waals surface area contributed by atoms with Crippen molar-refractivity contribution < 1.29 is 18.7 Å². The number of hydrogen-bond donors (Lipinski definition) is 1. The van der Waals surface area contributed by atoms with Crippen molar-refractivity contribution in [3.05, 3.63) is 0 Å². The Morgan fingerprint density at radius 1 is 1.33 bits per heavy atom. The van der Waals surface area contributed by atoms with Crippen molar-refractivity contribution in [3.63, 3.8) is 0 Å². The third kappa shape index (κ3) is 3.21. The molecule has 2 nitrogen and oxygen atoms in total. The van der Waals surface area contributed by atoms with Gasteiger partial charge in [0, 0.05) is 12.8 Å². The lowest BCUT2D eigenvalue weighted by Crippen LogP contribution is -2.31. The molecule has 0 spiro atoms. The first kappa shape index (κ1) is 13.8. The molecule has 4 atom stereocenters. The van der Waals surface area contributed by atoms with E-state index in [-0.39, 0.29) is 30.6 Å². The average molecular weight is 260 g/mol. The maximum Gasteiger partial charge on any atom is 0.306 e. The molecule has 104 valence electrons. The number of carboxylic acids is 1. The maximum absolute atomic E-state index is 13.2. The summed E-state index contributed by atoms with van der Waals surface area (Å²) in [5.41, 5.74) is 0. The molecular formula is C14H22F2O2. The minimum absolute atomic E-state index is 0.0162. The van der Waals surface area contributed by atoms with Crippen molar-refractivity contribution in [2.45, 2.75) is 57.8 Å². The second-order valence-corrected chi connectivity index (χ2v) is 6.32. The van der Waals surface area contributed by atoms with E-state index in [0.717, 1.165) is 12.8 Å². The number of carboxylic acid groups (broad SMARTS) is 1. The van der Waals surface area contributed by atoms with E-state index >= 15 is 0 Å². The highest BCUT2D eigenvalue weighted by molar-refractivity contribution is 5.70. The lowest BCUT2D eigenvalue weighted by molar-refractivity contribution is -0.145. The van der Waals surface area contributed by atoms with Crippen molar-refractivity contribution in [2.24, 2.45) is 23.7 Å². The van der Waals surface area contributed by atoms with Gasteiger partial charge in [0.15, 0.2) is 0 Å². The van der Waals surface area contributed by atoms with Crippen LogP contribution in [0.4, 0.5) is 8.78 Å². The second kappa shape index (κ2) is 5.14. The molecule has 0 aromatic carbocycles. The minimum atomic E-state index is -2.51. The Morgan fingerprint density at radius 3 is 2.61 bits per heavy atom. The van der Waals surface area contributed by atoms with Gasteiger partial charge < -0.3 is 5.11 Å². The predicted molar refractivity (Wildman–Crippen MR) is 64.5 cm³/mol. The van der Waals surface area contributed by atoms with Crippen molar-refractivity contribution >= 4 is 5.97 Å². The van der Waals surface area contributed by atoms with Crippen LogP contribution in [0.25, 0.3) is 0 Å². The molecule has 2 aliphatic carbocycles. The van der Waals surface area contributed by atoms with Crippen molar-refractivity contribution in [1.82, 2.24) is 0 Å². The Labute approximate surface area is 107 Å². The first-order chi connectivity index (χ1) is 8.37. The van der Waals surface area contributed by atoms with E-state index in [9.17, 15) is 18.7 Å². The molecule has 2 saturated carbocycles. The van der Waals surface area contributed by atoms with E-state index in [1.807, 2.05) is 0 Å². The van der Waals surface area contributed by atoms with Crippen LogP contribution in [-0.4, -0.2) is 17.0 Å². The van der Waals surface area contributed by atoms with E-state index in [2.05, 4.69) is 6.92 Å². The van der Waals surface area contributed by atoms with Gasteiger partial charge in [-0.15, -0.1) is 0 Å². The first-order valence-corrected chi connectivity index (χ1v) is 6.98. The van der Waals surface area contributed by atoms with Gasteiger partial charge in [-0.1, -0.05) is 6.92 Å². The fourth-order valence-electron chi connectivity index (χ4n) is 3.76. The Morgan fingerprint density at radius 2 is 2.06 bits per heavy atom. The Hall–Kier alpha value is -0.670. The summed E-state index contributed by atoms with van der Waals surface area (Å²) in [6.07, 6.45) is 3.74. The first-order valence-electron chi connectivity index (χ1n) is 6.98. The van der Waals surface area contributed by atoms with Gasteiger partial charge in [0.2, 0.25) is 5.92 Å². The summed E-state index contributed by atoms with van der Waals surface area (Å²) < 4.78 is 26.3. The van der Waals surface area contributed by atoms with Crippen LogP contribution in [0.5, 0.6) is 0 Å². The Kier molecular flexibility index (Phi) is 3.93. The second-order valence-electron chi connectivity index (χ2n) is 6.32. The van der Waals surface area contributed by atoms with Gasteiger partial charge in [-0.2, -0.15) is 0 Å². The van der Waals surface area contributed by atoms with Crippen molar-refractivity contribution in [3.8, 4) is 0 Å². The lowest BCUT2D eigenvalue weighted by Gasteiger charge is -2.33. The topological polar surface area (TPSA) is 37.3 Å². The van der Waals surface area contributed by atoms with Crippen molar-refractivity contribution in [2.75, 3.05) is 0 Å². The van der Waals surface area contributed by atoms with Gasteiger partial charge in [0.25, 0.3) is 0 Å². The van der Waals surface area contributed by atoms with E-state index in [0.29, 0.717) is 25.2 Å². The Bertz CT molecular complexity index is 317. The SMILES string of the molecule is CC1CCC(C(=O)O)C(CC2CCC(F)(F)C2)C1. The minimum Gasteiger partial charge on any atom is -0.481 e. The molecular weight excluding hydrogens is 238 g/mol. The third-order valence-corrected chi connectivity index (χ3v) is 4.70.